The number of rotatable bonds is 4. The Labute approximate surface area is 83.0 Å². The molecule has 0 aliphatic heterocycles. The summed E-state index contributed by atoms with van der Waals surface area (Å²) in [6, 6.07) is 1.96. The molecule has 72 valence electrons. The van der Waals surface area contributed by atoms with Crippen LogP contribution in [-0.2, 0) is 0 Å². The van der Waals surface area contributed by atoms with Crippen molar-refractivity contribution in [3.8, 4) is 0 Å². The lowest BCUT2D eigenvalue weighted by Gasteiger charge is -2.07. The largest absolute Gasteiger partial charge is 0.319 e. The molecule has 1 aromatic heterocycles. The molecule has 1 rings (SSSR count). The number of aryl methyl sites for hydroxylation is 1. The lowest BCUT2D eigenvalue weighted by Crippen LogP contribution is -2.23. The highest BCUT2D eigenvalue weighted by molar-refractivity contribution is 7.10. The summed E-state index contributed by atoms with van der Waals surface area (Å²) in [6.07, 6.45) is 0. The summed E-state index contributed by atoms with van der Waals surface area (Å²) in [6.45, 7) is 4.71. The highest BCUT2D eigenvalue weighted by atomic mass is 32.1. The molecule has 0 radical (unpaired) electrons. The zero-order chi connectivity index (χ0) is 9.84. The number of carbonyl (C=O) groups is 1. The van der Waals surface area contributed by atoms with Crippen LogP contribution in [0, 0.1) is 12.8 Å². The molecule has 0 aliphatic rings. The average Bonchev–Trinajstić information content (AvgIpc) is 2.51. The fourth-order valence-corrected chi connectivity index (χ4v) is 1.95. The van der Waals surface area contributed by atoms with E-state index in [1.807, 2.05) is 32.3 Å². The number of carbonyl (C=O) groups excluding carboxylic acids is 1. The molecule has 0 saturated carbocycles. The van der Waals surface area contributed by atoms with Crippen molar-refractivity contribution in [1.29, 1.82) is 0 Å². The Morgan fingerprint density at radius 3 is 2.85 bits per heavy atom. The van der Waals surface area contributed by atoms with Crippen LogP contribution in [0.1, 0.15) is 22.2 Å². The SMILES string of the molecule is CNCC(C)C(=O)c1csc(C)c1. The van der Waals surface area contributed by atoms with Crippen molar-refractivity contribution in [2.45, 2.75) is 13.8 Å². The predicted octanol–water partition coefficient (Wildman–Crippen LogP) is 2.09. The van der Waals surface area contributed by atoms with Gasteiger partial charge in [-0.3, -0.25) is 4.79 Å². The van der Waals surface area contributed by atoms with E-state index < -0.39 is 0 Å². The Kier molecular flexibility index (Phi) is 3.63. The van der Waals surface area contributed by atoms with Gasteiger partial charge in [0, 0.05) is 28.3 Å². The molecular formula is C10H15NOS. The molecule has 1 heterocycles. The normalized spacial score (nSPS) is 12.8. The first-order chi connectivity index (χ1) is 6.15. The average molecular weight is 197 g/mol. The molecule has 0 fully saturated rings. The first-order valence-corrected chi connectivity index (χ1v) is 5.27. The van der Waals surface area contributed by atoms with Gasteiger partial charge in [-0.25, -0.2) is 0 Å². The molecule has 1 atom stereocenters. The minimum absolute atomic E-state index is 0.0685. The van der Waals surface area contributed by atoms with Crippen LogP contribution >= 0.6 is 11.3 Å². The van der Waals surface area contributed by atoms with Crippen LogP contribution in [0.5, 0.6) is 0 Å². The number of hydrogen-bond donors (Lipinski definition) is 1. The van der Waals surface area contributed by atoms with Gasteiger partial charge in [0.1, 0.15) is 0 Å². The third kappa shape index (κ3) is 2.64. The maximum absolute atomic E-state index is 11.7. The van der Waals surface area contributed by atoms with Crippen LogP contribution in [0.4, 0.5) is 0 Å². The predicted molar refractivity (Wildman–Crippen MR) is 56.5 cm³/mol. The molecular weight excluding hydrogens is 182 g/mol. The van der Waals surface area contributed by atoms with Crippen molar-refractivity contribution in [2.75, 3.05) is 13.6 Å². The van der Waals surface area contributed by atoms with E-state index in [2.05, 4.69) is 5.32 Å². The monoisotopic (exact) mass is 197 g/mol. The van der Waals surface area contributed by atoms with Crippen LogP contribution in [0.15, 0.2) is 11.4 Å². The van der Waals surface area contributed by atoms with Crippen molar-refractivity contribution in [3.63, 3.8) is 0 Å². The van der Waals surface area contributed by atoms with E-state index in [1.54, 1.807) is 11.3 Å². The Morgan fingerprint density at radius 1 is 1.69 bits per heavy atom. The highest BCUT2D eigenvalue weighted by Gasteiger charge is 2.14. The summed E-state index contributed by atoms with van der Waals surface area (Å²) >= 11 is 1.63. The zero-order valence-electron chi connectivity index (χ0n) is 8.26. The lowest BCUT2D eigenvalue weighted by molar-refractivity contribution is 0.0930. The van der Waals surface area contributed by atoms with E-state index in [-0.39, 0.29) is 11.7 Å². The van der Waals surface area contributed by atoms with Crippen LogP contribution in [0.2, 0.25) is 0 Å². The summed E-state index contributed by atoms with van der Waals surface area (Å²) in [4.78, 5) is 12.9. The van der Waals surface area contributed by atoms with Gasteiger partial charge < -0.3 is 5.32 Å². The van der Waals surface area contributed by atoms with Gasteiger partial charge in [0.25, 0.3) is 0 Å². The molecule has 3 heteroatoms. The maximum atomic E-state index is 11.7. The summed E-state index contributed by atoms with van der Waals surface area (Å²) in [5.41, 5.74) is 0.852. The molecule has 0 bridgehead atoms. The number of ketones is 1. The molecule has 0 saturated heterocycles. The number of Topliss-reactive ketones (excluding diaryl/α,β-unsaturated/α-hetero) is 1. The maximum Gasteiger partial charge on any atom is 0.167 e. The van der Waals surface area contributed by atoms with Gasteiger partial charge in [0.05, 0.1) is 0 Å². The standard InChI is InChI=1S/C10H15NOS/c1-7(5-11-3)10(12)9-4-8(2)13-6-9/h4,6-7,11H,5H2,1-3H3. The number of thiophene rings is 1. The molecule has 0 amide bonds. The van der Waals surface area contributed by atoms with E-state index in [4.69, 9.17) is 0 Å². The second-order valence-corrected chi connectivity index (χ2v) is 4.38. The summed E-state index contributed by atoms with van der Waals surface area (Å²) < 4.78 is 0. The molecule has 1 unspecified atom stereocenters. The van der Waals surface area contributed by atoms with Gasteiger partial charge in [-0.05, 0) is 20.0 Å². The van der Waals surface area contributed by atoms with E-state index in [9.17, 15) is 4.79 Å². The van der Waals surface area contributed by atoms with Gasteiger partial charge in [-0.15, -0.1) is 11.3 Å². The number of nitrogens with one attached hydrogen (secondary N) is 1. The van der Waals surface area contributed by atoms with E-state index in [0.29, 0.717) is 0 Å². The van der Waals surface area contributed by atoms with Gasteiger partial charge >= 0.3 is 0 Å². The third-order valence-corrected chi connectivity index (χ3v) is 2.83. The zero-order valence-corrected chi connectivity index (χ0v) is 9.07. The smallest absolute Gasteiger partial charge is 0.167 e. The van der Waals surface area contributed by atoms with Crippen molar-refractivity contribution in [2.24, 2.45) is 5.92 Å². The van der Waals surface area contributed by atoms with Gasteiger partial charge in [0.15, 0.2) is 5.78 Å². The van der Waals surface area contributed by atoms with Crippen LogP contribution < -0.4 is 5.32 Å². The Hall–Kier alpha value is -0.670. The van der Waals surface area contributed by atoms with Crippen molar-refractivity contribution < 1.29 is 4.79 Å². The van der Waals surface area contributed by atoms with E-state index in [0.717, 1.165) is 12.1 Å². The highest BCUT2D eigenvalue weighted by Crippen LogP contribution is 2.16. The van der Waals surface area contributed by atoms with Crippen molar-refractivity contribution in [3.05, 3.63) is 21.9 Å². The second-order valence-electron chi connectivity index (χ2n) is 3.27. The minimum Gasteiger partial charge on any atom is -0.319 e. The molecule has 0 spiro atoms. The van der Waals surface area contributed by atoms with Crippen LogP contribution in [0.3, 0.4) is 0 Å². The summed E-state index contributed by atoms with van der Waals surface area (Å²) in [5.74, 6) is 0.303. The Balaban J connectivity index is 2.67. The van der Waals surface area contributed by atoms with Crippen molar-refractivity contribution >= 4 is 17.1 Å². The topological polar surface area (TPSA) is 29.1 Å². The first kappa shape index (κ1) is 10.4. The van der Waals surface area contributed by atoms with Crippen LogP contribution in [-0.4, -0.2) is 19.4 Å². The second kappa shape index (κ2) is 4.53. The fourth-order valence-electron chi connectivity index (χ4n) is 1.26. The Morgan fingerprint density at radius 2 is 2.38 bits per heavy atom. The summed E-state index contributed by atoms with van der Waals surface area (Å²) in [7, 11) is 1.86. The summed E-state index contributed by atoms with van der Waals surface area (Å²) in [5, 5.41) is 4.94. The number of hydrogen-bond acceptors (Lipinski definition) is 3. The fraction of sp³-hybridized carbons (Fsp3) is 0.500. The van der Waals surface area contributed by atoms with E-state index >= 15 is 0 Å². The molecule has 0 aliphatic carbocycles. The molecule has 0 aromatic carbocycles. The Bertz CT molecular complexity index is 293. The molecule has 1 N–H and O–H groups in total. The quantitative estimate of drug-likeness (QED) is 0.749. The molecule has 1 aromatic rings. The van der Waals surface area contributed by atoms with Crippen molar-refractivity contribution in [1.82, 2.24) is 5.32 Å². The van der Waals surface area contributed by atoms with Gasteiger partial charge in [0.2, 0.25) is 0 Å². The minimum atomic E-state index is 0.0685. The van der Waals surface area contributed by atoms with Gasteiger partial charge in [-0.1, -0.05) is 6.92 Å². The lowest BCUT2D eigenvalue weighted by atomic mass is 10.0. The molecule has 2 nitrogen and oxygen atoms in total. The molecule has 13 heavy (non-hydrogen) atoms. The van der Waals surface area contributed by atoms with Crippen LogP contribution in [0.25, 0.3) is 0 Å². The first-order valence-electron chi connectivity index (χ1n) is 4.39. The third-order valence-electron chi connectivity index (χ3n) is 1.97. The van der Waals surface area contributed by atoms with Gasteiger partial charge in [-0.2, -0.15) is 0 Å². The van der Waals surface area contributed by atoms with E-state index in [1.165, 1.54) is 4.88 Å².